The van der Waals surface area contributed by atoms with E-state index in [0.717, 1.165) is 13.1 Å². The van der Waals surface area contributed by atoms with Crippen LogP contribution in [0, 0.1) is 0 Å². The number of carbonyl (C=O) groups excluding carboxylic acids is 1. The second kappa shape index (κ2) is 7.13. The van der Waals surface area contributed by atoms with E-state index in [0.29, 0.717) is 19.1 Å². The predicted octanol–water partition coefficient (Wildman–Crippen LogP) is 0.705. The molecule has 0 aromatic carbocycles. The zero-order valence-electron chi connectivity index (χ0n) is 11.7. The predicted molar refractivity (Wildman–Crippen MR) is 73.1 cm³/mol. The standard InChI is InChI=1S/C13H23N3O3/c1-4-6-15(10-12(17)18)13(19)16-8-7-14(5-2)11(3)9-16/h4,11H,1,5-10H2,2-3H3,(H,17,18). The maximum absolute atomic E-state index is 12.3. The number of likely N-dealkylation sites (N-methyl/N-ethyl adjacent to an activating group) is 1. The fourth-order valence-electron chi connectivity index (χ4n) is 2.37. The molecule has 6 nitrogen and oxygen atoms in total. The number of carboxylic acid groups (broad SMARTS) is 1. The Morgan fingerprint density at radius 3 is 2.63 bits per heavy atom. The number of rotatable bonds is 5. The van der Waals surface area contributed by atoms with E-state index >= 15 is 0 Å². The van der Waals surface area contributed by atoms with E-state index in [2.05, 4.69) is 25.3 Å². The van der Waals surface area contributed by atoms with Crippen molar-refractivity contribution < 1.29 is 14.7 Å². The average Bonchev–Trinajstić information content (AvgIpc) is 2.36. The summed E-state index contributed by atoms with van der Waals surface area (Å²) in [6.07, 6.45) is 1.55. The molecule has 19 heavy (non-hydrogen) atoms. The summed E-state index contributed by atoms with van der Waals surface area (Å²) < 4.78 is 0. The number of hydrogen-bond donors (Lipinski definition) is 1. The molecule has 2 amide bonds. The maximum Gasteiger partial charge on any atom is 0.323 e. The van der Waals surface area contributed by atoms with Gasteiger partial charge in [-0.15, -0.1) is 6.58 Å². The molecule has 1 atom stereocenters. The molecule has 0 spiro atoms. The minimum atomic E-state index is -1.00. The van der Waals surface area contributed by atoms with Gasteiger partial charge in [0.05, 0.1) is 0 Å². The number of aliphatic carboxylic acids is 1. The third-order valence-corrected chi connectivity index (χ3v) is 3.39. The minimum absolute atomic E-state index is 0.218. The van der Waals surface area contributed by atoms with Crippen LogP contribution in [0.4, 0.5) is 4.79 Å². The van der Waals surface area contributed by atoms with Crippen LogP contribution in [0.5, 0.6) is 0 Å². The van der Waals surface area contributed by atoms with Gasteiger partial charge in [0.25, 0.3) is 0 Å². The van der Waals surface area contributed by atoms with Crippen LogP contribution in [0.1, 0.15) is 13.8 Å². The van der Waals surface area contributed by atoms with Crippen LogP contribution in [0.2, 0.25) is 0 Å². The average molecular weight is 269 g/mol. The number of carbonyl (C=O) groups is 2. The van der Waals surface area contributed by atoms with Crippen LogP contribution in [0.3, 0.4) is 0 Å². The van der Waals surface area contributed by atoms with Crippen molar-refractivity contribution in [1.29, 1.82) is 0 Å². The summed E-state index contributed by atoms with van der Waals surface area (Å²) in [5.74, 6) is -1.00. The zero-order chi connectivity index (χ0) is 14.4. The third kappa shape index (κ3) is 4.24. The molecule has 1 saturated heterocycles. The Morgan fingerprint density at radius 2 is 2.16 bits per heavy atom. The summed E-state index contributed by atoms with van der Waals surface area (Å²) in [6, 6.07) is 0.0861. The monoisotopic (exact) mass is 269 g/mol. The summed E-state index contributed by atoms with van der Waals surface area (Å²) in [6.45, 7) is 10.8. The van der Waals surface area contributed by atoms with Crippen molar-refractivity contribution in [1.82, 2.24) is 14.7 Å². The highest BCUT2D eigenvalue weighted by Crippen LogP contribution is 2.11. The molecule has 0 aromatic rings. The van der Waals surface area contributed by atoms with Crippen LogP contribution in [0.25, 0.3) is 0 Å². The van der Waals surface area contributed by atoms with E-state index in [4.69, 9.17) is 5.11 Å². The summed E-state index contributed by atoms with van der Waals surface area (Å²) in [4.78, 5) is 28.4. The molecule has 1 aliphatic rings. The lowest BCUT2D eigenvalue weighted by Crippen LogP contribution is -2.56. The Labute approximate surface area is 114 Å². The highest BCUT2D eigenvalue weighted by atomic mass is 16.4. The molecule has 1 unspecified atom stereocenters. The first-order valence-electron chi connectivity index (χ1n) is 6.60. The van der Waals surface area contributed by atoms with Crippen LogP contribution in [-0.2, 0) is 4.79 Å². The molecular formula is C13H23N3O3. The fourth-order valence-corrected chi connectivity index (χ4v) is 2.37. The molecule has 1 rings (SSSR count). The first kappa shape index (κ1) is 15.5. The molecule has 1 heterocycles. The Hall–Kier alpha value is -1.56. The van der Waals surface area contributed by atoms with Crippen molar-refractivity contribution in [2.45, 2.75) is 19.9 Å². The third-order valence-electron chi connectivity index (χ3n) is 3.39. The van der Waals surface area contributed by atoms with Gasteiger partial charge in [-0.05, 0) is 13.5 Å². The van der Waals surface area contributed by atoms with Crippen molar-refractivity contribution in [3.05, 3.63) is 12.7 Å². The lowest BCUT2D eigenvalue weighted by Gasteiger charge is -2.40. The Balaban J connectivity index is 2.64. The van der Waals surface area contributed by atoms with Gasteiger partial charge in [0.1, 0.15) is 6.54 Å². The highest BCUT2D eigenvalue weighted by Gasteiger charge is 2.28. The Kier molecular flexibility index (Phi) is 5.82. The van der Waals surface area contributed by atoms with Crippen LogP contribution in [-0.4, -0.2) is 77.1 Å². The number of piperazine rings is 1. The van der Waals surface area contributed by atoms with Crippen molar-refractivity contribution in [3.63, 3.8) is 0 Å². The quantitative estimate of drug-likeness (QED) is 0.746. The van der Waals surface area contributed by atoms with E-state index in [1.165, 1.54) is 4.90 Å². The molecule has 6 heteroatoms. The van der Waals surface area contributed by atoms with Crippen molar-refractivity contribution in [2.75, 3.05) is 39.3 Å². The molecule has 0 radical (unpaired) electrons. The lowest BCUT2D eigenvalue weighted by atomic mass is 10.2. The molecule has 1 fully saturated rings. The van der Waals surface area contributed by atoms with Gasteiger partial charge in [-0.3, -0.25) is 9.69 Å². The second-order valence-electron chi connectivity index (χ2n) is 4.77. The minimum Gasteiger partial charge on any atom is -0.480 e. The summed E-state index contributed by atoms with van der Waals surface area (Å²) in [7, 11) is 0. The van der Waals surface area contributed by atoms with Gasteiger partial charge in [-0.25, -0.2) is 4.79 Å². The summed E-state index contributed by atoms with van der Waals surface area (Å²) in [5.41, 5.74) is 0. The number of nitrogens with zero attached hydrogens (tertiary/aromatic N) is 3. The Morgan fingerprint density at radius 1 is 1.47 bits per heavy atom. The van der Waals surface area contributed by atoms with Gasteiger partial charge in [0, 0.05) is 32.2 Å². The lowest BCUT2D eigenvalue weighted by molar-refractivity contribution is -0.137. The molecule has 1 aliphatic heterocycles. The maximum atomic E-state index is 12.3. The molecule has 0 aromatic heterocycles. The number of hydrogen-bond acceptors (Lipinski definition) is 3. The molecule has 0 aliphatic carbocycles. The van der Waals surface area contributed by atoms with E-state index < -0.39 is 5.97 Å². The van der Waals surface area contributed by atoms with E-state index in [-0.39, 0.29) is 19.1 Å². The van der Waals surface area contributed by atoms with Gasteiger partial charge < -0.3 is 14.9 Å². The zero-order valence-corrected chi connectivity index (χ0v) is 11.7. The van der Waals surface area contributed by atoms with Crippen molar-refractivity contribution in [2.24, 2.45) is 0 Å². The van der Waals surface area contributed by atoms with Gasteiger partial charge in [-0.2, -0.15) is 0 Å². The van der Waals surface area contributed by atoms with Crippen LogP contribution >= 0.6 is 0 Å². The van der Waals surface area contributed by atoms with Crippen molar-refractivity contribution >= 4 is 12.0 Å². The van der Waals surface area contributed by atoms with Gasteiger partial charge in [-0.1, -0.05) is 13.0 Å². The largest absolute Gasteiger partial charge is 0.480 e. The number of urea groups is 1. The number of carboxylic acids is 1. The highest BCUT2D eigenvalue weighted by molar-refractivity contribution is 5.80. The second-order valence-corrected chi connectivity index (χ2v) is 4.77. The fraction of sp³-hybridized carbons (Fsp3) is 0.692. The van der Waals surface area contributed by atoms with E-state index in [1.807, 2.05) is 0 Å². The van der Waals surface area contributed by atoms with E-state index in [9.17, 15) is 9.59 Å². The molecule has 1 N–H and O–H groups in total. The smallest absolute Gasteiger partial charge is 0.323 e. The van der Waals surface area contributed by atoms with Crippen LogP contribution in [0.15, 0.2) is 12.7 Å². The molecule has 108 valence electrons. The summed E-state index contributed by atoms with van der Waals surface area (Å²) in [5, 5.41) is 8.83. The van der Waals surface area contributed by atoms with Crippen LogP contribution < -0.4 is 0 Å². The summed E-state index contributed by atoms with van der Waals surface area (Å²) >= 11 is 0. The SMILES string of the molecule is C=CCN(CC(=O)O)C(=O)N1CCN(CC)C(C)C1. The van der Waals surface area contributed by atoms with Gasteiger partial charge in [0.2, 0.25) is 0 Å². The van der Waals surface area contributed by atoms with Crippen molar-refractivity contribution in [3.8, 4) is 0 Å². The number of amides is 2. The first-order valence-corrected chi connectivity index (χ1v) is 6.60. The van der Waals surface area contributed by atoms with E-state index in [1.54, 1.807) is 11.0 Å². The molecule has 0 saturated carbocycles. The van der Waals surface area contributed by atoms with Gasteiger partial charge in [0.15, 0.2) is 0 Å². The molecular weight excluding hydrogens is 246 g/mol. The normalized spacial score (nSPS) is 20.1. The Bertz CT molecular complexity index is 346. The topological polar surface area (TPSA) is 64.1 Å². The van der Waals surface area contributed by atoms with Gasteiger partial charge >= 0.3 is 12.0 Å². The first-order chi connectivity index (χ1) is 8.99. The molecule has 0 bridgehead atoms.